The Labute approximate surface area is 186 Å². The number of aliphatic hydroxyl groups is 2. The quantitative estimate of drug-likeness (QED) is 0.455. The van der Waals surface area contributed by atoms with Crippen molar-refractivity contribution in [3.8, 4) is 0 Å². The summed E-state index contributed by atoms with van der Waals surface area (Å²) in [5, 5.41) is 22.9. The first-order chi connectivity index (χ1) is 14.6. The number of halogens is 1. The molecule has 3 fully saturated rings. The van der Waals surface area contributed by atoms with Gasteiger partial charge in [0.05, 0.1) is 6.10 Å². The van der Waals surface area contributed by atoms with Crippen molar-refractivity contribution in [1.82, 2.24) is 0 Å². The molecule has 10 heteroatoms. The minimum atomic E-state index is -4.92. The molecule has 0 aliphatic heterocycles. The van der Waals surface area contributed by atoms with Crippen LogP contribution in [0.3, 0.4) is 0 Å². The van der Waals surface area contributed by atoms with Gasteiger partial charge in [0, 0.05) is 23.2 Å². The molecule has 0 heterocycles. The number of alkyl halides is 1. The maximum atomic E-state index is 17.1. The number of Topliss-reactive ketones (excluding diaryl/α,β-unsaturated/α-hetero) is 1. The summed E-state index contributed by atoms with van der Waals surface area (Å²) in [5.41, 5.74) is -5.49. The third-order valence-electron chi connectivity index (χ3n) is 9.41. The van der Waals surface area contributed by atoms with Gasteiger partial charge in [0.15, 0.2) is 11.6 Å². The maximum absolute atomic E-state index is 17.1. The van der Waals surface area contributed by atoms with E-state index in [1.807, 2.05) is 0 Å². The van der Waals surface area contributed by atoms with E-state index in [1.54, 1.807) is 20.8 Å². The Balaban J connectivity index is 1.73. The van der Waals surface area contributed by atoms with Crippen LogP contribution < -0.4 is 0 Å². The first-order valence-corrected chi connectivity index (χ1v) is 12.7. The van der Waals surface area contributed by atoms with Gasteiger partial charge in [0.1, 0.15) is 17.9 Å². The van der Waals surface area contributed by atoms with E-state index < -0.39 is 66.2 Å². The molecule has 8 nitrogen and oxygen atoms in total. The van der Waals surface area contributed by atoms with Gasteiger partial charge in [-0.15, -0.1) is 0 Å². The summed E-state index contributed by atoms with van der Waals surface area (Å²) < 4.78 is 32.5. The Hall–Kier alpha value is -0.960. The number of rotatable bonds is 4. The van der Waals surface area contributed by atoms with Gasteiger partial charge in [-0.1, -0.05) is 26.3 Å². The number of phosphoric ester groups is 1. The molecule has 4 N–H and O–H groups in total. The van der Waals surface area contributed by atoms with E-state index in [0.29, 0.717) is 25.7 Å². The lowest BCUT2D eigenvalue weighted by molar-refractivity contribution is -0.228. The SMILES string of the molecule is C[C@H]1C[C@H]2[C@@H]3CCC4=CC(=O)CC[C@]4(C)[C@@]3(F)[C@@H](O)C[C@]2(C)[C@@]1(O)C(=O)COP(=O)(O)O. The van der Waals surface area contributed by atoms with Crippen LogP contribution >= 0.6 is 7.82 Å². The number of fused-ring (bicyclic) bond motifs is 5. The second-order valence-electron chi connectivity index (χ2n) is 10.7. The molecule has 0 unspecified atom stereocenters. The van der Waals surface area contributed by atoms with E-state index in [2.05, 4.69) is 4.52 Å². The Morgan fingerprint density at radius 3 is 2.56 bits per heavy atom. The zero-order chi connectivity index (χ0) is 23.9. The molecule has 0 aromatic carbocycles. The van der Waals surface area contributed by atoms with Gasteiger partial charge >= 0.3 is 7.82 Å². The lowest BCUT2D eigenvalue weighted by Gasteiger charge is -2.63. The second-order valence-corrected chi connectivity index (χ2v) is 12.0. The summed E-state index contributed by atoms with van der Waals surface area (Å²) in [6.45, 7) is 4.13. The summed E-state index contributed by atoms with van der Waals surface area (Å²) in [6, 6.07) is 0. The van der Waals surface area contributed by atoms with E-state index >= 15 is 4.39 Å². The number of hydrogen-bond acceptors (Lipinski definition) is 6. The minimum Gasteiger partial charge on any atom is -0.390 e. The van der Waals surface area contributed by atoms with Gasteiger partial charge in [0.25, 0.3) is 0 Å². The van der Waals surface area contributed by atoms with E-state index in [0.717, 1.165) is 5.57 Å². The Bertz CT molecular complexity index is 931. The molecule has 8 atom stereocenters. The number of carbonyl (C=O) groups is 2. The summed E-state index contributed by atoms with van der Waals surface area (Å²) in [4.78, 5) is 43.0. The topological polar surface area (TPSA) is 141 Å². The van der Waals surface area contributed by atoms with Crippen molar-refractivity contribution >= 4 is 19.4 Å². The predicted molar refractivity (Wildman–Crippen MR) is 111 cm³/mol. The number of allylic oxidation sites excluding steroid dienone is 1. The highest BCUT2D eigenvalue weighted by molar-refractivity contribution is 7.46. The third kappa shape index (κ3) is 3.01. The summed E-state index contributed by atoms with van der Waals surface area (Å²) >= 11 is 0. The number of hydrogen-bond donors (Lipinski definition) is 4. The number of ketones is 2. The number of carbonyl (C=O) groups excluding carboxylic acids is 2. The fourth-order valence-electron chi connectivity index (χ4n) is 7.75. The van der Waals surface area contributed by atoms with Gasteiger partial charge in [-0.05, 0) is 50.0 Å². The second kappa shape index (κ2) is 7.27. The predicted octanol–water partition coefficient (Wildman–Crippen LogP) is 2.24. The molecule has 4 aliphatic carbocycles. The van der Waals surface area contributed by atoms with E-state index in [9.17, 15) is 24.4 Å². The number of phosphoric acid groups is 1. The Morgan fingerprint density at radius 1 is 1.28 bits per heavy atom. The minimum absolute atomic E-state index is 0.0332. The van der Waals surface area contributed by atoms with Crippen molar-refractivity contribution in [2.45, 2.75) is 76.7 Å². The molecule has 0 aromatic rings. The molecule has 32 heavy (non-hydrogen) atoms. The fourth-order valence-corrected chi connectivity index (χ4v) is 8.04. The highest BCUT2D eigenvalue weighted by Gasteiger charge is 2.75. The van der Waals surface area contributed by atoms with Crippen LogP contribution in [0, 0.1) is 28.6 Å². The molecular weight excluding hydrogens is 442 g/mol. The van der Waals surface area contributed by atoms with Crippen LogP contribution in [-0.2, 0) is 18.7 Å². The first-order valence-electron chi connectivity index (χ1n) is 11.2. The van der Waals surface area contributed by atoms with Gasteiger partial charge in [-0.2, -0.15) is 0 Å². The van der Waals surface area contributed by atoms with Crippen molar-refractivity contribution in [3.05, 3.63) is 11.6 Å². The molecule has 3 saturated carbocycles. The lowest BCUT2D eigenvalue weighted by atomic mass is 9.44. The van der Waals surface area contributed by atoms with Gasteiger partial charge < -0.3 is 20.0 Å². The molecule has 4 aliphatic rings. The van der Waals surface area contributed by atoms with Crippen molar-refractivity contribution in [2.24, 2.45) is 28.6 Å². The molecule has 0 radical (unpaired) electrons. The molecule has 0 saturated heterocycles. The van der Waals surface area contributed by atoms with Gasteiger partial charge in [-0.3, -0.25) is 14.1 Å². The van der Waals surface area contributed by atoms with Crippen LogP contribution in [0.4, 0.5) is 4.39 Å². The first kappa shape index (κ1) is 24.2. The lowest BCUT2D eigenvalue weighted by Crippen LogP contribution is -2.69. The Morgan fingerprint density at radius 2 is 1.94 bits per heavy atom. The number of aliphatic hydroxyl groups excluding tert-OH is 1. The van der Waals surface area contributed by atoms with Crippen LogP contribution in [-0.4, -0.2) is 55.5 Å². The molecule has 180 valence electrons. The standard InChI is InChI=1S/C22H32FO8P/c1-12-8-16-15-5-4-13-9-14(24)6-7-19(13,2)21(15,23)17(25)10-20(16,3)22(12,27)18(26)11-31-32(28,29)30/h9,12,15-17,25,27H,4-8,10-11H2,1-3H3,(H2,28,29,30)/t12-,15-,16-,17-,19-,20-,21-,22-/m0/s1. The van der Waals surface area contributed by atoms with Crippen molar-refractivity contribution in [2.75, 3.05) is 6.61 Å². The maximum Gasteiger partial charge on any atom is 0.470 e. The molecule has 0 bridgehead atoms. The van der Waals surface area contributed by atoms with Crippen molar-refractivity contribution in [3.63, 3.8) is 0 Å². The molecule has 0 amide bonds. The van der Waals surface area contributed by atoms with Crippen molar-refractivity contribution < 1.29 is 43.1 Å². The highest BCUT2D eigenvalue weighted by atomic mass is 31.2. The summed E-state index contributed by atoms with van der Waals surface area (Å²) in [6.07, 6.45) is 1.64. The Kier molecular flexibility index (Phi) is 5.49. The zero-order valence-electron chi connectivity index (χ0n) is 18.6. The normalized spacial score (nSPS) is 48.5. The van der Waals surface area contributed by atoms with Gasteiger partial charge in [-0.25, -0.2) is 8.96 Å². The largest absolute Gasteiger partial charge is 0.470 e. The molecule has 4 rings (SSSR count). The van der Waals surface area contributed by atoms with Crippen LogP contribution in [0.2, 0.25) is 0 Å². The summed E-state index contributed by atoms with van der Waals surface area (Å²) in [5.74, 6) is -2.57. The zero-order valence-corrected chi connectivity index (χ0v) is 19.5. The van der Waals surface area contributed by atoms with Gasteiger partial charge in [0.2, 0.25) is 0 Å². The van der Waals surface area contributed by atoms with Crippen LogP contribution in [0.1, 0.15) is 59.3 Å². The fraction of sp³-hybridized carbons (Fsp3) is 0.818. The molecule has 0 aromatic heterocycles. The van der Waals surface area contributed by atoms with E-state index in [-0.39, 0.29) is 18.6 Å². The molecule has 0 spiro atoms. The van der Waals surface area contributed by atoms with Crippen LogP contribution in [0.15, 0.2) is 11.6 Å². The highest BCUT2D eigenvalue weighted by Crippen LogP contribution is 2.71. The average Bonchev–Trinajstić information content (AvgIpc) is 2.89. The van der Waals surface area contributed by atoms with E-state index in [1.165, 1.54) is 6.08 Å². The smallest absolute Gasteiger partial charge is 0.390 e. The third-order valence-corrected chi connectivity index (χ3v) is 9.88. The average molecular weight is 474 g/mol. The summed E-state index contributed by atoms with van der Waals surface area (Å²) in [7, 11) is -4.92. The van der Waals surface area contributed by atoms with Crippen LogP contribution in [0.25, 0.3) is 0 Å². The van der Waals surface area contributed by atoms with Crippen LogP contribution in [0.5, 0.6) is 0 Å². The monoisotopic (exact) mass is 474 g/mol. The van der Waals surface area contributed by atoms with Crippen molar-refractivity contribution in [1.29, 1.82) is 0 Å². The molecular formula is C22H32FO8P. The van der Waals surface area contributed by atoms with E-state index in [4.69, 9.17) is 9.79 Å².